The Hall–Kier alpha value is -2.79. The summed E-state index contributed by atoms with van der Waals surface area (Å²) in [6.45, 7) is 1.88. The summed E-state index contributed by atoms with van der Waals surface area (Å²) >= 11 is 6.12. The largest absolute Gasteiger partial charge is 0.460 e. The van der Waals surface area contributed by atoms with Gasteiger partial charge in [0.2, 0.25) is 0 Å². The Balaban J connectivity index is 1.89. The average Bonchev–Trinajstić information content (AvgIpc) is 3.14. The van der Waals surface area contributed by atoms with Gasteiger partial charge in [0, 0.05) is 11.9 Å². The standard InChI is InChI=1S/C18H13ClFN3O/c1-11-2-8-15(24-11)17-18(21-14-6-4-13(20)5-7-14)23-10-12(19)3-9-16(23)22-17/h2-10,21H,1H3. The summed E-state index contributed by atoms with van der Waals surface area (Å²) in [6, 6.07) is 13.5. The van der Waals surface area contributed by atoms with E-state index in [1.165, 1.54) is 12.1 Å². The van der Waals surface area contributed by atoms with Crippen LogP contribution in [0, 0.1) is 12.7 Å². The summed E-state index contributed by atoms with van der Waals surface area (Å²) < 4.78 is 20.7. The molecule has 4 rings (SSSR count). The second-order valence-corrected chi connectivity index (χ2v) is 5.86. The number of pyridine rings is 1. The van der Waals surface area contributed by atoms with Crippen LogP contribution in [0.1, 0.15) is 5.76 Å². The van der Waals surface area contributed by atoms with Gasteiger partial charge in [-0.15, -0.1) is 0 Å². The van der Waals surface area contributed by atoms with E-state index in [9.17, 15) is 4.39 Å². The predicted octanol–water partition coefficient (Wildman–Crippen LogP) is 5.44. The quantitative estimate of drug-likeness (QED) is 0.539. The number of fused-ring (bicyclic) bond motifs is 1. The zero-order valence-corrected chi connectivity index (χ0v) is 13.5. The highest BCUT2D eigenvalue weighted by molar-refractivity contribution is 6.30. The molecule has 1 N–H and O–H groups in total. The first-order valence-corrected chi connectivity index (χ1v) is 7.75. The van der Waals surface area contributed by atoms with Crippen LogP contribution in [0.25, 0.3) is 17.1 Å². The molecule has 0 amide bonds. The normalized spacial score (nSPS) is 11.1. The first-order chi connectivity index (χ1) is 11.6. The van der Waals surface area contributed by atoms with Gasteiger partial charge < -0.3 is 9.73 Å². The molecule has 0 aliphatic rings. The zero-order valence-electron chi connectivity index (χ0n) is 12.8. The van der Waals surface area contributed by atoms with Gasteiger partial charge >= 0.3 is 0 Å². The van der Waals surface area contributed by atoms with Crippen molar-refractivity contribution >= 4 is 28.8 Å². The van der Waals surface area contributed by atoms with Gasteiger partial charge in [0.05, 0.1) is 5.02 Å². The van der Waals surface area contributed by atoms with Crippen molar-refractivity contribution in [2.75, 3.05) is 5.32 Å². The Kier molecular flexibility index (Phi) is 3.50. The van der Waals surface area contributed by atoms with Crippen LogP contribution in [0.3, 0.4) is 0 Å². The number of benzene rings is 1. The smallest absolute Gasteiger partial charge is 0.156 e. The third-order valence-corrected chi connectivity index (χ3v) is 3.89. The minimum Gasteiger partial charge on any atom is -0.460 e. The van der Waals surface area contributed by atoms with E-state index in [0.29, 0.717) is 22.3 Å². The van der Waals surface area contributed by atoms with E-state index in [4.69, 9.17) is 16.0 Å². The molecule has 3 aromatic heterocycles. The van der Waals surface area contributed by atoms with Crippen molar-refractivity contribution in [3.8, 4) is 11.5 Å². The fraction of sp³-hybridized carbons (Fsp3) is 0.0556. The minimum atomic E-state index is -0.288. The predicted molar refractivity (Wildman–Crippen MR) is 92.3 cm³/mol. The van der Waals surface area contributed by atoms with E-state index >= 15 is 0 Å². The van der Waals surface area contributed by atoms with Crippen molar-refractivity contribution in [2.24, 2.45) is 0 Å². The Bertz CT molecular complexity index is 1020. The molecule has 0 saturated heterocycles. The molecular weight excluding hydrogens is 329 g/mol. The molecule has 4 aromatic rings. The lowest BCUT2D eigenvalue weighted by Crippen LogP contribution is -1.97. The van der Waals surface area contributed by atoms with Crippen molar-refractivity contribution < 1.29 is 8.81 Å². The summed E-state index contributed by atoms with van der Waals surface area (Å²) in [5.41, 5.74) is 2.13. The van der Waals surface area contributed by atoms with Crippen molar-refractivity contribution in [1.29, 1.82) is 0 Å². The van der Waals surface area contributed by atoms with E-state index in [2.05, 4.69) is 10.3 Å². The lowest BCUT2D eigenvalue weighted by atomic mass is 10.3. The highest BCUT2D eigenvalue weighted by atomic mass is 35.5. The molecule has 0 saturated carbocycles. The molecule has 0 spiro atoms. The third kappa shape index (κ3) is 2.63. The van der Waals surface area contributed by atoms with Crippen LogP contribution in [-0.2, 0) is 0 Å². The fourth-order valence-electron chi connectivity index (χ4n) is 2.54. The van der Waals surface area contributed by atoms with Crippen molar-refractivity contribution in [3.63, 3.8) is 0 Å². The zero-order chi connectivity index (χ0) is 16.7. The maximum absolute atomic E-state index is 13.1. The molecule has 0 bridgehead atoms. The molecule has 0 radical (unpaired) electrons. The van der Waals surface area contributed by atoms with E-state index in [0.717, 1.165) is 17.1 Å². The van der Waals surface area contributed by atoms with Gasteiger partial charge in [-0.2, -0.15) is 0 Å². The van der Waals surface area contributed by atoms with Gasteiger partial charge in [0.15, 0.2) is 5.76 Å². The van der Waals surface area contributed by atoms with Crippen LogP contribution < -0.4 is 5.32 Å². The van der Waals surface area contributed by atoms with Crippen molar-refractivity contribution in [3.05, 3.63) is 71.3 Å². The van der Waals surface area contributed by atoms with Crippen LogP contribution in [0.5, 0.6) is 0 Å². The maximum atomic E-state index is 13.1. The number of halogens is 2. The Labute approximate surface area is 142 Å². The first-order valence-electron chi connectivity index (χ1n) is 7.37. The average molecular weight is 342 g/mol. The molecule has 1 aromatic carbocycles. The third-order valence-electron chi connectivity index (χ3n) is 3.66. The molecule has 0 aliphatic carbocycles. The molecule has 4 nitrogen and oxygen atoms in total. The van der Waals surface area contributed by atoms with Crippen LogP contribution in [0.2, 0.25) is 5.02 Å². The SMILES string of the molecule is Cc1ccc(-c2nc3ccc(Cl)cn3c2Nc2ccc(F)cc2)o1. The highest BCUT2D eigenvalue weighted by Crippen LogP contribution is 2.33. The van der Waals surface area contributed by atoms with Crippen LogP contribution in [0.4, 0.5) is 15.9 Å². The van der Waals surface area contributed by atoms with E-state index in [1.54, 1.807) is 24.4 Å². The Morgan fingerprint density at radius 2 is 1.88 bits per heavy atom. The number of nitrogens with one attached hydrogen (secondary N) is 1. The van der Waals surface area contributed by atoms with Gasteiger partial charge in [0.1, 0.15) is 28.7 Å². The Morgan fingerprint density at radius 3 is 2.58 bits per heavy atom. The number of hydrogen-bond acceptors (Lipinski definition) is 3. The molecule has 0 atom stereocenters. The number of hydrogen-bond donors (Lipinski definition) is 1. The molecule has 120 valence electrons. The summed E-state index contributed by atoms with van der Waals surface area (Å²) in [6.07, 6.45) is 1.77. The molecule has 0 unspecified atom stereocenters. The van der Waals surface area contributed by atoms with Crippen LogP contribution in [-0.4, -0.2) is 9.38 Å². The first kappa shape index (κ1) is 14.8. The minimum absolute atomic E-state index is 0.288. The molecule has 6 heteroatoms. The van der Waals surface area contributed by atoms with Gasteiger partial charge in [-0.25, -0.2) is 9.37 Å². The number of imidazole rings is 1. The Morgan fingerprint density at radius 1 is 1.08 bits per heavy atom. The number of nitrogens with zero attached hydrogens (tertiary/aromatic N) is 2. The van der Waals surface area contributed by atoms with Gasteiger partial charge in [-0.3, -0.25) is 4.40 Å². The topological polar surface area (TPSA) is 42.5 Å². The fourth-order valence-corrected chi connectivity index (χ4v) is 2.70. The van der Waals surface area contributed by atoms with E-state index in [-0.39, 0.29) is 5.82 Å². The summed E-state index contributed by atoms with van der Waals surface area (Å²) in [5.74, 6) is 1.86. The number of furan rings is 1. The lowest BCUT2D eigenvalue weighted by Gasteiger charge is -2.08. The van der Waals surface area contributed by atoms with E-state index < -0.39 is 0 Å². The molecule has 24 heavy (non-hydrogen) atoms. The maximum Gasteiger partial charge on any atom is 0.156 e. The van der Waals surface area contributed by atoms with Gasteiger partial charge in [-0.1, -0.05) is 11.6 Å². The van der Waals surface area contributed by atoms with Crippen molar-refractivity contribution in [2.45, 2.75) is 6.92 Å². The molecule has 3 heterocycles. The van der Waals surface area contributed by atoms with Gasteiger partial charge in [0.25, 0.3) is 0 Å². The number of rotatable bonds is 3. The number of anilines is 2. The van der Waals surface area contributed by atoms with Crippen LogP contribution >= 0.6 is 11.6 Å². The number of aryl methyl sites for hydroxylation is 1. The van der Waals surface area contributed by atoms with Crippen molar-refractivity contribution in [1.82, 2.24) is 9.38 Å². The molecular formula is C18H13ClFN3O. The monoisotopic (exact) mass is 341 g/mol. The van der Waals surface area contributed by atoms with Gasteiger partial charge in [-0.05, 0) is 55.5 Å². The molecule has 0 fully saturated rings. The molecule has 0 aliphatic heterocycles. The van der Waals surface area contributed by atoms with E-state index in [1.807, 2.05) is 29.5 Å². The highest BCUT2D eigenvalue weighted by Gasteiger charge is 2.17. The lowest BCUT2D eigenvalue weighted by molar-refractivity contribution is 0.547. The van der Waals surface area contributed by atoms with Crippen LogP contribution in [0.15, 0.2) is 59.1 Å². The summed E-state index contributed by atoms with van der Waals surface area (Å²) in [5, 5.41) is 3.86. The second-order valence-electron chi connectivity index (χ2n) is 5.43. The summed E-state index contributed by atoms with van der Waals surface area (Å²) in [4.78, 5) is 4.63. The summed E-state index contributed by atoms with van der Waals surface area (Å²) in [7, 11) is 0. The second kappa shape index (κ2) is 5.69. The number of aromatic nitrogens is 2.